The summed E-state index contributed by atoms with van der Waals surface area (Å²) in [5.41, 5.74) is 3.31. The molecule has 0 aliphatic carbocycles. The van der Waals surface area contributed by atoms with Gasteiger partial charge in [-0.3, -0.25) is 4.98 Å². The van der Waals surface area contributed by atoms with E-state index < -0.39 is 6.17 Å². The Balaban J connectivity index is 1.83. The van der Waals surface area contributed by atoms with Crippen molar-refractivity contribution in [2.24, 2.45) is 0 Å². The van der Waals surface area contributed by atoms with Crippen LogP contribution in [-0.2, 0) is 6.42 Å². The summed E-state index contributed by atoms with van der Waals surface area (Å²) in [5, 5.41) is 0. The highest BCUT2D eigenvalue weighted by atomic mass is 19.1. The summed E-state index contributed by atoms with van der Waals surface area (Å²) in [4.78, 5) is 4.54. The van der Waals surface area contributed by atoms with E-state index >= 15 is 0 Å². The largest absolute Gasteiger partial charge is 0.490 e. The van der Waals surface area contributed by atoms with E-state index in [4.69, 9.17) is 4.74 Å². The van der Waals surface area contributed by atoms with E-state index in [-0.39, 0.29) is 0 Å². The van der Waals surface area contributed by atoms with Crippen LogP contribution in [0.1, 0.15) is 38.3 Å². The van der Waals surface area contributed by atoms with Crippen molar-refractivity contribution in [2.45, 2.75) is 45.2 Å². The van der Waals surface area contributed by atoms with Gasteiger partial charge in [-0.15, -0.1) is 0 Å². The van der Waals surface area contributed by atoms with Crippen LogP contribution in [0.2, 0.25) is 0 Å². The van der Waals surface area contributed by atoms with Gasteiger partial charge in [0.05, 0.1) is 6.17 Å². The molecule has 2 rings (SSSR count). The maximum Gasteiger partial charge on any atom is 0.119 e. The molecule has 0 aliphatic heterocycles. The van der Waals surface area contributed by atoms with Gasteiger partial charge in [-0.2, -0.15) is 0 Å². The second-order valence-electron chi connectivity index (χ2n) is 6.04. The number of ether oxygens (including phenoxy) is 1. The van der Waals surface area contributed by atoms with Gasteiger partial charge in [-0.05, 0) is 49.9 Å². The van der Waals surface area contributed by atoms with E-state index in [1.165, 1.54) is 0 Å². The summed E-state index contributed by atoms with van der Waals surface area (Å²) < 4.78 is 18.2. The smallest absolute Gasteiger partial charge is 0.119 e. The molecule has 3 heteroatoms. The molecule has 1 atom stereocenters. The van der Waals surface area contributed by atoms with E-state index in [9.17, 15) is 4.39 Å². The lowest BCUT2D eigenvalue weighted by Gasteiger charge is -2.06. The van der Waals surface area contributed by atoms with Crippen LogP contribution in [0.4, 0.5) is 4.39 Å². The minimum absolute atomic E-state index is 0.514. The van der Waals surface area contributed by atoms with Gasteiger partial charge in [0.15, 0.2) is 0 Å². The Kier molecular flexibility index (Phi) is 7.47. The highest BCUT2D eigenvalue weighted by molar-refractivity contribution is 5.63. The van der Waals surface area contributed by atoms with Crippen molar-refractivity contribution in [3.8, 4) is 16.9 Å². The quantitative estimate of drug-likeness (QED) is 0.408. The molecule has 1 unspecified atom stereocenters. The van der Waals surface area contributed by atoms with Gasteiger partial charge in [-0.25, -0.2) is 4.39 Å². The zero-order valence-corrected chi connectivity index (χ0v) is 14.4. The number of pyridine rings is 1. The van der Waals surface area contributed by atoms with E-state index in [0.717, 1.165) is 48.3 Å². The monoisotopic (exact) mass is 327 g/mol. The molecule has 0 saturated carbocycles. The van der Waals surface area contributed by atoms with Crippen molar-refractivity contribution < 1.29 is 9.13 Å². The van der Waals surface area contributed by atoms with Crippen molar-refractivity contribution in [3.05, 3.63) is 60.9 Å². The first kappa shape index (κ1) is 18.2. The first-order chi connectivity index (χ1) is 11.7. The minimum Gasteiger partial charge on any atom is -0.490 e. The molecule has 1 aromatic carbocycles. The third-order valence-electron chi connectivity index (χ3n) is 3.92. The Morgan fingerprint density at radius 3 is 2.46 bits per heavy atom. The first-order valence-corrected chi connectivity index (χ1v) is 8.62. The highest BCUT2D eigenvalue weighted by Gasteiger charge is 2.02. The molecule has 0 spiro atoms. The van der Waals surface area contributed by atoms with Crippen LogP contribution < -0.4 is 4.74 Å². The molecule has 128 valence electrons. The maximum absolute atomic E-state index is 12.7. The molecular formula is C21H26FNO. The minimum atomic E-state index is -0.684. The highest BCUT2D eigenvalue weighted by Crippen LogP contribution is 2.22. The van der Waals surface area contributed by atoms with E-state index in [1.54, 1.807) is 13.0 Å². The van der Waals surface area contributed by atoms with Crippen LogP contribution in [0, 0.1) is 0 Å². The van der Waals surface area contributed by atoms with Gasteiger partial charge in [-0.1, -0.05) is 43.7 Å². The lowest BCUT2D eigenvalue weighted by Crippen LogP contribution is -1.94. The summed E-state index contributed by atoms with van der Waals surface area (Å²) in [6.45, 7) is 5.78. The number of halogens is 1. The summed E-state index contributed by atoms with van der Waals surface area (Å²) in [7, 11) is 0. The Morgan fingerprint density at radius 2 is 1.83 bits per heavy atom. The van der Waals surface area contributed by atoms with Gasteiger partial charge in [0, 0.05) is 17.5 Å². The SMILES string of the molecule is C=CCOc1ccc(-c2ccc(CCCCCC(C)F)nc2)cc1. The van der Waals surface area contributed by atoms with Crippen molar-refractivity contribution in [1.82, 2.24) is 4.98 Å². The topological polar surface area (TPSA) is 22.1 Å². The molecule has 1 aromatic heterocycles. The van der Waals surface area contributed by atoms with Gasteiger partial charge in [0.1, 0.15) is 12.4 Å². The van der Waals surface area contributed by atoms with Gasteiger partial charge in [0.25, 0.3) is 0 Å². The number of benzene rings is 1. The van der Waals surface area contributed by atoms with E-state index in [2.05, 4.69) is 23.7 Å². The normalized spacial score (nSPS) is 11.9. The van der Waals surface area contributed by atoms with E-state index in [1.807, 2.05) is 30.5 Å². The fourth-order valence-corrected chi connectivity index (χ4v) is 2.55. The predicted octanol–water partition coefficient (Wildman–Crippen LogP) is 5.77. The molecule has 1 heterocycles. The average Bonchev–Trinajstić information content (AvgIpc) is 2.60. The van der Waals surface area contributed by atoms with Crippen LogP contribution in [0.25, 0.3) is 11.1 Å². The summed E-state index contributed by atoms with van der Waals surface area (Å²) in [6, 6.07) is 12.2. The van der Waals surface area contributed by atoms with Gasteiger partial charge in [0.2, 0.25) is 0 Å². The number of hydrogen-bond acceptors (Lipinski definition) is 2. The molecule has 2 nitrogen and oxygen atoms in total. The predicted molar refractivity (Wildman–Crippen MR) is 98.1 cm³/mol. The number of hydrogen-bond donors (Lipinski definition) is 0. The molecule has 0 bridgehead atoms. The Labute approximate surface area is 144 Å². The number of aryl methyl sites for hydroxylation is 1. The number of alkyl halides is 1. The van der Waals surface area contributed by atoms with Crippen LogP contribution in [0.5, 0.6) is 5.75 Å². The molecule has 2 aromatic rings. The zero-order valence-electron chi connectivity index (χ0n) is 14.4. The molecule has 0 N–H and O–H groups in total. The number of aromatic nitrogens is 1. The van der Waals surface area contributed by atoms with Crippen molar-refractivity contribution >= 4 is 0 Å². The number of nitrogens with zero attached hydrogens (tertiary/aromatic N) is 1. The van der Waals surface area contributed by atoms with Crippen molar-refractivity contribution in [2.75, 3.05) is 6.61 Å². The van der Waals surface area contributed by atoms with Crippen LogP contribution in [-0.4, -0.2) is 17.8 Å². The maximum atomic E-state index is 12.7. The molecule has 0 aliphatic rings. The van der Waals surface area contributed by atoms with Gasteiger partial charge < -0.3 is 4.74 Å². The van der Waals surface area contributed by atoms with Gasteiger partial charge >= 0.3 is 0 Å². The number of unbranched alkanes of at least 4 members (excludes halogenated alkanes) is 2. The van der Waals surface area contributed by atoms with Crippen molar-refractivity contribution in [1.29, 1.82) is 0 Å². The lowest BCUT2D eigenvalue weighted by atomic mass is 10.1. The fourth-order valence-electron chi connectivity index (χ4n) is 2.55. The zero-order chi connectivity index (χ0) is 17.2. The Bertz CT molecular complexity index is 605. The fraction of sp³-hybridized carbons (Fsp3) is 0.381. The summed E-state index contributed by atoms with van der Waals surface area (Å²) >= 11 is 0. The number of rotatable bonds is 10. The lowest BCUT2D eigenvalue weighted by molar-refractivity contribution is 0.330. The van der Waals surface area contributed by atoms with Crippen LogP contribution in [0.15, 0.2) is 55.3 Å². The average molecular weight is 327 g/mol. The molecule has 24 heavy (non-hydrogen) atoms. The molecule has 0 amide bonds. The van der Waals surface area contributed by atoms with Crippen molar-refractivity contribution in [3.63, 3.8) is 0 Å². The molecular weight excluding hydrogens is 301 g/mol. The molecule has 0 saturated heterocycles. The molecule has 0 fully saturated rings. The third kappa shape index (κ3) is 6.15. The first-order valence-electron chi connectivity index (χ1n) is 8.62. The Hall–Kier alpha value is -2.16. The van der Waals surface area contributed by atoms with Crippen LogP contribution in [0.3, 0.4) is 0 Å². The van der Waals surface area contributed by atoms with Crippen LogP contribution >= 0.6 is 0 Å². The summed E-state index contributed by atoms with van der Waals surface area (Å²) in [5.74, 6) is 0.839. The second kappa shape index (κ2) is 9.86. The second-order valence-corrected chi connectivity index (χ2v) is 6.04. The standard InChI is InChI=1S/C21H26FNO/c1-3-15-24-21-13-10-18(11-14-21)19-9-12-20(23-16-19)8-6-4-5-7-17(2)22/h3,9-14,16-17H,1,4-8,15H2,2H3. The summed E-state index contributed by atoms with van der Waals surface area (Å²) in [6.07, 6.45) is 7.66. The molecule has 0 radical (unpaired) electrons. The Morgan fingerprint density at radius 1 is 1.08 bits per heavy atom. The van der Waals surface area contributed by atoms with E-state index in [0.29, 0.717) is 13.0 Å². The third-order valence-corrected chi connectivity index (χ3v) is 3.92.